The molecule has 2 aromatic carbocycles. The molecule has 32 heavy (non-hydrogen) atoms. The van der Waals surface area contributed by atoms with Gasteiger partial charge in [0.05, 0.1) is 11.7 Å². The second-order valence-electron chi connectivity index (χ2n) is 7.80. The van der Waals surface area contributed by atoms with Gasteiger partial charge in [0, 0.05) is 33.9 Å². The summed E-state index contributed by atoms with van der Waals surface area (Å²) in [6, 6.07) is 27.2. The van der Waals surface area contributed by atoms with Crippen LogP contribution >= 0.6 is 28.1 Å². The Balaban J connectivity index is 1.64. The molecule has 1 saturated heterocycles. The van der Waals surface area contributed by atoms with Gasteiger partial charge in [-0.15, -0.1) is 0 Å². The minimum Gasteiger partial charge on any atom is -0.351 e. The van der Waals surface area contributed by atoms with E-state index in [0.717, 1.165) is 33.7 Å². The van der Waals surface area contributed by atoms with Crippen LogP contribution in [-0.4, -0.2) is 14.7 Å². The maximum Gasteiger partial charge on any atom is 0.174 e. The number of hydrogen-bond donors (Lipinski definition) is 1. The van der Waals surface area contributed by atoms with E-state index in [1.165, 1.54) is 5.56 Å². The molecule has 0 spiro atoms. The summed E-state index contributed by atoms with van der Waals surface area (Å²) in [4.78, 5) is 6.88. The Morgan fingerprint density at radius 1 is 0.938 bits per heavy atom. The van der Waals surface area contributed by atoms with E-state index < -0.39 is 0 Å². The van der Waals surface area contributed by atoms with Crippen molar-refractivity contribution in [2.45, 2.75) is 25.4 Å². The number of anilines is 1. The molecule has 4 nitrogen and oxygen atoms in total. The summed E-state index contributed by atoms with van der Waals surface area (Å²) in [5.74, 6) is 0. The Labute approximate surface area is 202 Å². The summed E-state index contributed by atoms with van der Waals surface area (Å²) in [5.41, 5.74) is 5.60. The standard InChI is InChI=1S/C26H23BrN4S/c1-2-18-8-12-21(13-9-18)31-25(24(29-26(31)32)22-6-3-4-16-28-22)23-7-5-17-30(23)20-14-10-19(27)11-15-20/h3-17,24-25H,2H2,1H3,(H,29,32). The van der Waals surface area contributed by atoms with Gasteiger partial charge in [0.2, 0.25) is 0 Å². The minimum absolute atomic E-state index is 0.0523. The van der Waals surface area contributed by atoms with Gasteiger partial charge in [-0.1, -0.05) is 41.1 Å². The molecule has 1 aliphatic rings. The fraction of sp³-hybridized carbons (Fsp3) is 0.154. The monoisotopic (exact) mass is 502 g/mol. The van der Waals surface area contributed by atoms with Crippen LogP contribution in [0.25, 0.3) is 5.69 Å². The molecule has 0 amide bonds. The molecule has 0 aliphatic carbocycles. The third kappa shape index (κ3) is 3.85. The maximum atomic E-state index is 5.86. The zero-order valence-electron chi connectivity index (χ0n) is 17.6. The molecular formula is C26H23BrN4S. The van der Waals surface area contributed by atoms with E-state index in [1.807, 2.05) is 18.3 Å². The molecule has 2 aromatic heterocycles. The highest BCUT2D eigenvalue weighted by molar-refractivity contribution is 9.10. The second kappa shape index (κ2) is 8.88. The number of hydrogen-bond acceptors (Lipinski definition) is 2. The zero-order valence-corrected chi connectivity index (χ0v) is 20.1. The van der Waals surface area contributed by atoms with Crippen LogP contribution in [0.4, 0.5) is 5.69 Å². The first-order valence-electron chi connectivity index (χ1n) is 10.7. The number of benzene rings is 2. The summed E-state index contributed by atoms with van der Waals surface area (Å²) >= 11 is 9.40. The highest BCUT2D eigenvalue weighted by atomic mass is 79.9. The van der Waals surface area contributed by atoms with Gasteiger partial charge in [0.25, 0.3) is 0 Å². The summed E-state index contributed by atoms with van der Waals surface area (Å²) in [6.07, 6.45) is 4.95. The van der Waals surface area contributed by atoms with Crippen LogP contribution in [0.3, 0.4) is 0 Å². The Morgan fingerprint density at radius 2 is 1.69 bits per heavy atom. The molecule has 0 saturated carbocycles. The van der Waals surface area contributed by atoms with E-state index in [2.05, 4.69) is 116 Å². The first-order chi connectivity index (χ1) is 15.7. The van der Waals surface area contributed by atoms with Crippen molar-refractivity contribution in [3.8, 4) is 5.69 Å². The predicted octanol–water partition coefficient (Wildman–Crippen LogP) is 6.37. The lowest BCUT2D eigenvalue weighted by Gasteiger charge is -2.29. The third-order valence-electron chi connectivity index (χ3n) is 5.91. The topological polar surface area (TPSA) is 33.1 Å². The van der Waals surface area contributed by atoms with Crippen LogP contribution in [0.2, 0.25) is 0 Å². The number of aryl methyl sites for hydroxylation is 1. The van der Waals surface area contributed by atoms with Crippen molar-refractivity contribution in [2.75, 3.05) is 4.90 Å². The normalized spacial score (nSPS) is 18.1. The van der Waals surface area contributed by atoms with Gasteiger partial charge in [-0.25, -0.2) is 0 Å². The molecular weight excluding hydrogens is 480 g/mol. The molecule has 2 atom stereocenters. The van der Waals surface area contributed by atoms with Crippen LogP contribution in [0, 0.1) is 0 Å². The van der Waals surface area contributed by atoms with Crippen molar-refractivity contribution in [3.63, 3.8) is 0 Å². The Morgan fingerprint density at radius 3 is 2.38 bits per heavy atom. The Kier molecular flexibility index (Phi) is 5.81. The van der Waals surface area contributed by atoms with E-state index in [1.54, 1.807) is 0 Å². The highest BCUT2D eigenvalue weighted by Gasteiger charge is 2.42. The van der Waals surface area contributed by atoms with Gasteiger partial charge >= 0.3 is 0 Å². The van der Waals surface area contributed by atoms with Crippen molar-refractivity contribution < 1.29 is 0 Å². The zero-order chi connectivity index (χ0) is 22.1. The number of halogens is 1. The van der Waals surface area contributed by atoms with Crippen LogP contribution in [0.5, 0.6) is 0 Å². The van der Waals surface area contributed by atoms with Gasteiger partial charge in [-0.05, 0) is 84.9 Å². The number of pyridine rings is 1. The van der Waals surface area contributed by atoms with Crippen molar-refractivity contribution in [2.24, 2.45) is 0 Å². The first-order valence-corrected chi connectivity index (χ1v) is 11.9. The van der Waals surface area contributed by atoms with E-state index in [0.29, 0.717) is 5.11 Å². The van der Waals surface area contributed by atoms with Crippen molar-refractivity contribution in [1.82, 2.24) is 14.9 Å². The number of aromatic nitrogens is 2. The molecule has 1 fully saturated rings. The summed E-state index contributed by atoms with van der Waals surface area (Å²) in [6.45, 7) is 2.17. The van der Waals surface area contributed by atoms with E-state index in [4.69, 9.17) is 12.2 Å². The minimum atomic E-state index is -0.0707. The van der Waals surface area contributed by atoms with Crippen molar-refractivity contribution >= 4 is 38.9 Å². The molecule has 5 rings (SSSR count). The number of nitrogens with zero attached hydrogens (tertiary/aromatic N) is 3. The number of rotatable bonds is 5. The molecule has 4 aromatic rings. The molecule has 1 N–H and O–H groups in total. The van der Waals surface area contributed by atoms with Crippen molar-refractivity contribution in [1.29, 1.82) is 0 Å². The van der Waals surface area contributed by atoms with Gasteiger partial charge < -0.3 is 14.8 Å². The molecule has 160 valence electrons. The second-order valence-corrected chi connectivity index (χ2v) is 9.10. The first kappa shape index (κ1) is 20.9. The summed E-state index contributed by atoms with van der Waals surface area (Å²) < 4.78 is 3.29. The fourth-order valence-corrected chi connectivity index (χ4v) is 4.91. The summed E-state index contributed by atoms with van der Waals surface area (Å²) in [7, 11) is 0. The van der Waals surface area contributed by atoms with Crippen LogP contribution in [-0.2, 0) is 6.42 Å². The van der Waals surface area contributed by atoms with Gasteiger partial charge in [0.1, 0.15) is 6.04 Å². The number of nitrogens with one attached hydrogen (secondary N) is 1. The predicted molar refractivity (Wildman–Crippen MR) is 137 cm³/mol. The average Bonchev–Trinajstić information content (AvgIpc) is 3.44. The van der Waals surface area contributed by atoms with Gasteiger partial charge in [-0.3, -0.25) is 4.98 Å². The van der Waals surface area contributed by atoms with Crippen molar-refractivity contribution in [3.05, 3.63) is 113 Å². The smallest absolute Gasteiger partial charge is 0.174 e. The Bertz CT molecular complexity index is 1220. The fourth-order valence-electron chi connectivity index (χ4n) is 4.30. The van der Waals surface area contributed by atoms with E-state index >= 15 is 0 Å². The SMILES string of the molecule is CCc1ccc(N2C(=S)NC(c3ccccn3)C2c2cccn2-c2ccc(Br)cc2)cc1. The summed E-state index contributed by atoms with van der Waals surface area (Å²) in [5, 5.41) is 4.25. The molecule has 0 radical (unpaired) electrons. The van der Waals surface area contributed by atoms with Crippen LogP contribution < -0.4 is 10.2 Å². The molecule has 6 heteroatoms. The van der Waals surface area contributed by atoms with Gasteiger partial charge in [-0.2, -0.15) is 0 Å². The van der Waals surface area contributed by atoms with E-state index in [9.17, 15) is 0 Å². The van der Waals surface area contributed by atoms with E-state index in [-0.39, 0.29) is 12.1 Å². The lowest BCUT2D eigenvalue weighted by molar-refractivity contribution is 0.549. The average molecular weight is 503 g/mol. The van der Waals surface area contributed by atoms with Crippen LogP contribution in [0.1, 0.15) is 36.0 Å². The Hall–Kier alpha value is -2.96. The molecule has 2 unspecified atom stereocenters. The van der Waals surface area contributed by atoms with Crippen LogP contribution in [0.15, 0.2) is 95.7 Å². The van der Waals surface area contributed by atoms with Gasteiger partial charge in [0.15, 0.2) is 5.11 Å². The largest absolute Gasteiger partial charge is 0.351 e. The molecule has 1 aliphatic heterocycles. The highest BCUT2D eigenvalue weighted by Crippen LogP contribution is 2.42. The quantitative estimate of drug-likeness (QED) is 0.321. The maximum absolute atomic E-state index is 5.86. The third-order valence-corrected chi connectivity index (χ3v) is 6.75. The number of thiocarbonyl (C=S) groups is 1. The lowest BCUT2D eigenvalue weighted by atomic mass is 10.0. The molecule has 3 heterocycles. The lowest BCUT2D eigenvalue weighted by Crippen LogP contribution is -2.30. The molecule has 0 bridgehead atoms.